The number of rotatable bonds is 8. The highest BCUT2D eigenvalue weighted by Gasteiger charge is 2.30. The third kappa shape index (κ3) is 6.47. The smallest absolute Gasteiger partial charge is 0.254 e. The second kappa shape index (κ2) is 13.2. The summed E-state index contributed by atoms with van der Waals surface area (Å²) in [4.78, 5) is 22.6. The average molecular weight is 613 g/mol. The van der Waals surface area contributed by atoms with E-state index >= 15 is 0 Å². The van der Waals surface area contributed by atoms with Gasteiger partial charge in [0.25, 0.3) is 5.91 Å². The third-order valence-corrected chi connectivity index (χ3v) is 9.72. The standard InChI is InChI=1S/C34H40N6O3S/c1-4-15-40(28-13-16-37(17-14-28)30-10-6-5-9-27(30)24-35)32-23-29(25(2)22-26(32)3)34(41)39-20-18-38(19-21-39)31-11-7-8-12-33(31)44(36,42)43/h6-8,10-12,22-23,28H,4,13-21H2,1-3H3,(H2,36,42,43). The number of amides is 1. The molecule has 1 amide bonds. The van der Waals surface area contributed by atoms with Gasteiger partial charge in [0.05, 0.1) is 11.4 Å². The molecule has 10 heteroatoms. The number of carbonyl (C=O) groups excluding carboxylic acids is 1. The van der Waals surface area contributed by atoms with Crippen molar-refractivity contribution >= 4 is 33.0 Å². The van der Waals surface area contributed by atoms with Gasteiger partial charge in [0.15, 0.2) is 0 Å². The van der Waals surface area contributed by atoms with E-state index in [-0.39, 0.29) is 10.8 Å². The minimum Gasteiger partial charge on any atom is -0.370 e. The second-order valence-corrected chi connectivity index (χ2v) is 13.2. The van der Waals surface area contributed by atoms with Gasteiger partial charge in [-0.2, -0.15) is 5.26 Å². The molecule has 44 heavy (non-hydrogen) atoms. The summed E-state index contributed by atoms with van der Waals surface area (Å²) >= 11 is 0. The summed E-state index contributed by atoms with van der Waals surface area (Å²) in [6.07, 6.45) is 2.88. The van der Waals surface area contributed by atoms with Crippen molar-refractivity contribution < 1.29 is 13.2 Å². The zero-order valence-corrected chi connectivity index (χ0v) is 26.5. The molecule has 2 aliphatic heterocycles. The zero-order chi connectivity index (χ0) is 31.4. The molecule has 3 aromatic carbocycles. The molecule has 0 saturated carbocycles. The number of sulfonamides is 1. The van der Waals surface area contributed by atoms with Gasteiger partial charge in [0.1, 0.15) is 16.5 Å². The predicted molar refractivity (Wildman–Crippen MR) is 174 cm³/mol. The Morgan fingerprint density at radius 3 is 2.34 bits per heavy atom. The maximum atomic E-state index is 13.9. The van der Waals surface area contributed by atoms with Crippen molar-refractivity contribution in [3.8, 4) is 6.07 Å². The van der Waals surface area contributed by atoms with Crippen LogP contribution in [0, 0.1) is 37.3 Å². The Balaban J connectivity index is 1.32. The highest BCUT2D eigenvalue weighted by molar-refractivity contribution is 7.89. The van der Waals surface area contributed by atoms with Crippen molar-refractivity contribution in [3.63, 3.8) is 0 Å². The van der Waals surface area contributed by atoms with Crippen molar-refractivity contribution in [2.45, 2.75) is 51.0 Å². The van der Waals surface area contributed by atoms with Crippen LogP contribution in [-0.4, -0.2) is 71.1 Å². The maximum absolute atomic E-state index is 13.9. The lowest BCUT2D eigenvalue weighted by Gasteiger charge is -2.41. The number of primary sulfonamides is 1. The first-order valence-electron chi connectivity index (χ1n) is 15.2. The Labute approximate surface area is 261 Å². The van der Waals surface area contributed by atoms with Gasteiger partial charge < -0.3 is 19.6 Å². The van der Waals surface area contributed by atoms with Crippen molar-refractivity contribution in [1.82, 2.24) is 4.90 Å². The monoisotopic (exact) mass is 612 g/mol. The van der Waals surface area contributed by atoms with Crippen LogP contribution in [-0.2, 0) is 10.0 Å². The van der Waals surface area contributed by atoms with Gasteiger partial charge in [-0.05, 0) is 80.6 Å². The molecule has 3 aromatic rings. The first kappa shape index (κ1) is 31.2. The summed E-state index contributed by atoms with van der Waals surface area (Å²) in [5.74, 6) is -0.00411. The molecular formula is C34H40N6O3S. The normalized spacial score (nSPS) is 15.9. The Hall–Kier alpha value is -4.25. The van der Waals surface area contributed by atoms with Gasteiger partial charge in [-0.25, -0.2) is 13.6 Å². The molecule has 2 saturated heterocycles. The first-order valence-corrected chi connectivity index (χ1v) is 16.8. The molecule has 230 valence electrons. The van der Waals surface area contributed by atoms with E-state index in [0.717, 1.165) is 61.4 Å². The van der Waals surface area contributed by atoms with Crippen LogP contribution in [0.15, 0.2) is 53.4 Å². The molecule has 0 aromatic heterocycles. The van der Waals surface area contributed by atoms with E-state index in [4.69, 9.17) is 5.14 Å². The fourth-order valence-corrected chi connectivity index (χ4v) is 7.31. The largest absolute Gasteiger partial charge is 0.370 e. The van der Waals surface area contributed by atoms with E-state index in [9.17, 15) is 18.5 Å². The number of nitrogens with two attached hydrogens (primary N) is 1. The number of anilines is 3. The number of hydrogen-bond acceptors (Lipinski definition) is 7. The molecule has 2 aliphatic rings. The maximum Gasteiger partial charge on any atom is 0.254 e. The average Bonchev–Trinajstić information content (AvgIpc) is 3.03. The van der Waals surface area contributed by atoms with Crippen molar-refractivity contribution in [3.05, 3.63) is 82.9 Å². The summed E-state index contributed by atoms with van der Waals surface area (Å²) in [6, 6.07) is 23.1. The number of nitrogens with zero attached hydrogens (tertiary/aromatic N) is 5. The van der Waals surface area contributed by atoms with Gasteiger partial charge in [-0.1, -0.05) is 31.2 Å². The first-order chi connectivity index (χ1) is 21.1. The molecule has 9 nitrogen and oxygen atoms in total. The fourth-order valence-electron chi connectivity index (χ4n) is 6.55. The Morgan fingerprint density at radius 1 is 1.00 bits per heavy atom. The predicted octanol–water partition coefficient (Wildman–Crippen LogP) is 4.27. The number of para-hydroxylation sites is 1. The number of hydrogen-bond donors (Lipinski definition) is 1. The molecular weight excluding hydrogens is 572 g/mol. The van der Waals surface area contributed by atoms with E-state index in [2.05, 4.69) is 54.0 Å². The van der Waals surface area contributed by atoms with Crippen molar-refractivity contribution in [2.24, 2.45) is 5.14 Å². The summed E-state index contributed by atoms with van der Waals surface area (Å²) in [5, 5.41) is 15.0. The van der Waals surface area contributed by atoms with Gasteiger partial charge in [-0.15, -0.1) is 0 Å². The second-order valence-electron chi connectivity index (χ2n) is 11.6. The number of piperazine rings is 1. The lowest BCUT2D eigenvalue weighted by molar-refractivity contribution is 0.0746. The molecule has 2 fully saturated rings. The van der Waals surface area contributed by atoms with Crippen LogP contribution in [0.3, 0.4) is 0 Å². The van der Waals surface area contributed by atoms with Gasteiger partial charge >= 0.3 is 0 Å². The number of benzene rings is 2. The molecule has 0 spiro atoms. The summed E-state index contributed by atoms with van der Waals surface area (Å²) in [5.41, 5.74) is 5.93. The van der Waals surface area contributed by atoms with Crippen molar-refractivity contribution in [1.29, 1.82) is 5.26 Å². The zero-order valence-electron chi connectivity index (χ0n) is 25.7. The van der Waals surface area contributed by atoms with Gasteiger partial charge in [-0.3, -0.25) is 4.79 Å². The quantitative estimate of drug-likeness (QED) is 0.404. The molecule has 2 N–H and O–H groups in total. The van der Waals surface area contributed by atoms with Gasteiger partial charge in [0, 0.05) is 63.1 Å². The number of piperidine rings is 1. The molecule has 0 atom stereocenters. The van der Waals surface area contributed by atoms with Crippen molar-refractivity contribution in [2.75, 3.05) is 60.5 Å². The highest BCUT2D eigenvalue weighted by Crippen LogP contribution is 2.32. The number of carbonyl (C=O) groups is 1. The lowest BCUT2D eigenvalue weighted by atomic mass is 9.97. The fraction of sp³-hybridized carbons (Fsp3) is 0.412. The summed E-state index contributed by atoms with van der Waals surface area (Å²) in [6.45, 7) is 10.9. The molecule has 0 aliphatic carbocycles. The molecule has 2 heterocycles. The summed E-state index contributed by atoms with van der Waals surface area (Å²) in [7, 11) is -3.86. The number of nitriles is 1. The third-order valence-electron chi connectivity index (χ3n) is 8.76. The van der Waals surface area contributed by atoms with Crippen LogP contribution < -0.4 is 19.8 Å². The van der Waals surface area contributed by atoms with E-state index in [1.807, 2.05) is 28.9 Å². The SMILES string of the molecule is CCCN(c1cc(C(=O)N2CCN(c3ccccc3S(N)(=O)=O)CC2)c(C)cc1C)C1CCN(c2ccc#cc2C#N)CC1. The topological polar surface area (TPSA) is 114 Å². The molecule has 0 unspecified atom stereocenters. The van der Waals surface area contributed by atoms with Crippen LogP contribution in [0.5, 0.6) is 0 Å². The minimum atomic E-state index is -3.86. The van der Waals surface area contributed by atoms with Crippen LogP contribution in [0.2, 0.25) is 0 Å². The van der Waals surface area contributed by atoms with Crippen LogP contribution >= 0.6 is 0 Å². The lowest BCUT2D eigenvalue weighted by Crippen LogP contribution is -2.49. The number of aryl methyl sites for hydroxylation is 2. The minimum absolute atomic E-state index is 0.00411. The molecule has 0 bridgehead atoms. The van der Waals surface area contributed by atoms with Crippen LogP contribution in [0.4, 0.5) is 17.1 Å². The Morgan fingerprint density at radius 2 is 1.68 bits per heavy atom. The van der Waals surface area contributed by atoms with E-state index < -0.39 is 10.0 Å². The molecule has 0 radical (unpaired) electrons. The van der Waals surface area contributed by atoms with E-state index in [1.165, 1.54) is 6.07 Å². The summed E-state index contributed by atoms with van der Waals surface area (Å²) < 4.78 is 24.3. The Bertz CT molecular complexity index is 1650. The Kier molecular flexibility index (Phi) is 9.33. The van der Waals surface area contributed by atoms with E-state index in [0.29, 0.717) is 49.0 Å². The van der Waals surface area contributed by atoms with Crippen LogP contribution in [0.1, 0.15) is 53.2 Å². The molecule has 5 rings (SSSR count). The van der Waals surface area contributed by atoms with E-state index in [1.54, 1.807) is 18.2 Å². The van der Waals surface area contributed by atoms with Crippen LogP contribution in [0.25, 0.3) is 0 Å². The highest BCUT2D eigenvalue weighted by atomic mass is 32.2. The van der Waals surface area contributed by atoms with Gasteiger partial charge in [0.2, 0.25) is 10.0 Å².